The molecule has 0 saturated carbocycles. The van der Waals surface area contributed by atoms with Gasteiger partial charge in [0.05, 0.1) is 31.9 Å². The van der Waals surface area contributed by atoms with Gasteiger partial charge in [-0.1, -0.05) is 0 Å². The van der Waals surface area contributed by atoms with Crippen molar-refractivity contribution in [1.29, 1.82) is 0 Å². The highest BCUT2D eigenvalue weighted by Crippen LogP contribution is 2.38. The number of carbonyl (C=O) groups is 1. The third kappa shape index (κ3) is 5.18. The first-order chi connectivity index (χ1) is 18.5. The van der Waals surface area contributed by atoms with Gasteiger partial charge in [-0.15, -0.1) is 0 Å². The molecule has 1 saturated heterocycles. The van der Waals surface area contributed by atoms with Crippen molar-refractivity contribution in [1.82, 2.24) is 20.4 Å². The Labute approximate surface area is 219 Å². The minimum absolute atomic E-state index is 0.197. The van der Waals surface area contributed by atoms with E-state index in [4.69, 9.17) is 28.8 Å². The molecule has 1 fully saturated rings. The lowest BCUT2D eigenvalue weighted by Crippen LogP contribution is -2.36. The average Bonchev–Trinajstić information content (AvgIpc) is 3.41. The molecule has 0 atom stereocenters. The minimum Gasteiger partial charge on any atom is -0.493 e. The van der Waals surface area contributed by atoms with Crippen LogP contribution >= 0.6 is 0 Å². The van der Waals surface area contributed by atoms with Crippen LogP contribution in [0.15, 0.2) is 47.1 Å². The van der Waals surface area contributed by atoms with E-state index >= 15 is 0 Å². The number of benzene rings is 1. The van der Waals surface area contributed by atoms with Gasteiger partial charge in [-0.2, -0.15) is 0 Å². The number of aromatic nitrogens is 3. The normalized spacial score (nSPS) is 13.9. The number of aryl methyl sites for hydroxylation is 1. The number of rotatable bonds is 8. The molecular weight excluding hydrogens is 490 g/mol. The number of furan rings is 1. The Morgan fingerprint density at radius 3 is 2.42 bits per heavy atom. The van der Waals surface area contributed by atoms with Crippen molar-refractivity contribution in [2.75, 3.05) is 38.8 Å². The molecule has 38 heavy (non-hydrogen) atoms. The molecule has 1 aromatic carbocycles. The summed E-state index contributed by atoms with van der Waals surface area (Å²) in [7, 11) is 3.20. The number of ether oxygens (including phenoxy) is 3. The molecule has 0 radical (unpaired) electrons. The Balaban J connectivity index is 1.32. The Kier molecular flexibility index (Phi) is 7.27. The van der Waals surface area contributed by atoms with Crippen molar-refractivity contribution < 1.29 is 28.6 Å². The molecular formula is C27H29N5O6. The van der Waals surface area contributed by atoms with Gasteiger partial charge in [0.15, 0.2) is 17.3 Å². The van der Waals surface area contributed by atoms with Crippen LogP contribution in [0.5, 0.6) is 17.2 Å². The van der Waals surface area contributed by atoms with Crippen LogP contribution in [0, 0.1) is 12.8 Å². The number of anilines is 1. The van der Waals surface area contributed by atoms with Gasteiger partial charge in [-0.05, 0) is 43.9 Å². The first-order valence-corrected chi connectivity index (χ1v) is 12.3. The number of hydrogen-bond donors (Lipinski definition) is 2. The van der Waals surface area contributed by atoms with Crippen LogP contribution in [-0.4, -0.2) is 60.0 Å². The number of nitrogens with zero attached hydrogens (tertiary/aromatic N) is 4. The van der Waals surface area contributed by atoms with E-state index in [0.717, 1.165) is 42.6 Å². The maximum absolute atomic E-state index is 11.5. The highest BCUT2D eigenvalue weighted by molar-refractivity contribution is 5.92. The zero-order chi connectivity index (χ0) is 26.6. The van der Waals surface area contributed by atoms with Gasteiger partial charge in [0.25, 0.3) is 5.91 Å². The summed E-state index contributed by atoms with van der Waals surface area (Å²) in [6.07, 6.45) is 4.59. The van der Waals surface area contributed by atoms with Crippen LogP contribution in [0.25, 0.3) is 22.4 Å². The lowest BCUT2D eigenvalue weighted by Gasteiger charge is -2.31. The number of amides is 1. The molecule has 4 heterocycles. The van der Waals surface area contributed by atoms with E-state index < -0.39 is 5.91 Å². The van der Waals surface area contributed by atoms with E-state index in [-0.39, 0.29) is 5.56 Å². The molecule has 0 spiro atoms. The summed E-state index contributed by atoms with van der Waals surface area (Å²) in [5.74, 6) is 3.61. The van der Waals surface area contributed by atoms with Crippen LogP contribution in [0.1, 0.15) is 29.0 Å². The fourth-order valence-corrected chi connectivity index (χ4v) is 4.51. The Hall–Kier alpha value is -4.38. The van der Waals surface area contributed by atoms with Gasteiger partial charge in [0.1, 0.15) is 17.2 Å². The van der Waals surface area contributed by atoms with Crippen LogP contribution < -0.4 is 24.6 Å². The lowest BCUT2D eigenvalue weighted by molar-refractivity contribution is 0.0705. The number of methoxy groups -OCH3 is 2. The molecule has 2 N–H and O–H groups in total. The summed E-state index contributed by atoms with van der Waals surface area (Å²) in [6, 6.07) is 9.43. The second-order valence-corrected chi connectivity index (χ2v) is 9.09. The van der Waals surface area contributed by atoms with Gasteiger partial charge in [0.2, 0.25) is 5.95 Å². The standard InChI is InChI=1S/C27H29N5O6/c1-16-4-5-22(38-16)21-12-23(19-10-24(35-2)25(36-3)11-20(19)30-21)37-15-17-6-8-32(9-7-17)27-28-13-18(14-29-27)26(33)31-34/h4-5,10-14,17,34H,6-9,15H2,1-3H3,(H,31,33). The molecule has 1 aliphatic rings. The maximum atomic E-state index is 11.5. The third-order valence-electron chi connectivity index (χ3n) is 6.64. The molecule has 1 aliphatic heterocycles. The number of nitrogens with one attached hydrogen (secondary N) is 1. The van der Waals surface area contributed by atoms with Crippen molar-refractivity contribution in [3.05, 3.63) is 54.0 Å². The van der Waals surface area contributed by atoms with E-state index in [1.54, 1.807) is 19.7 Å². The highest BCUT2D eigenvalue weighted by Gasteiger charge is 2.23. The largest absolute Gasteiger partial charge is 0.493 e. The summed E-state index contributed by atoms with van der Waals surface area (Å²) >= 11 is 0. The van der Waals surface area contributed by atoms with E-state index in [1.165, 1.54) is 12.4 Å². The number of fused-ring (bicyclic) bond motifs is 1. The monoisotopic (exact) mass is 519 g/mol. The van der Waals surface area contributed by atoms with Gasteiger partial charge in [-0.25, -0.2) is 20.4 Å². The molecule has 3 aromatic heterocycles. The van der Waals surface area contributed by atoms with Crippen molar-refractivity contribution in [2.45, 2.75) is 19.8 Å². The summed E-state index contributed by atoms with van der Waals surface area (Å²) < 4.78 is 23.2. The van der Waals surface area contributed by atoms with Crippen LogP contribution in [0.4, 0.5) is 5.95 Å². The zero-order valence-corrected chi connectivity index (χ0v) is 21.4. The topological polar surface area (TPSA) is 132 Å². The van der Waals surface area contributed by atoms with Crippen molar-refractivity contribution in [3.63, 3.8) is 0 Å². The van der Waals surface area contributed by atoms with E-state index in [0.29, 0.717) is 47.2 Å². The van der Waals surface area contributed by atoms with Gasteiger partial charge in [-0.3, -0.25) is 10.0 Å². The molecule has 5 rings (SSSR count). The Morgan fingerprint density at radius 2 is 1.79 bits per heavy atom. The smallest absolute Gasteiger partial charge is 0.277 e. The SMILES string of the molecule is COc1cc2nc(-c3ccc(C)o3)cc(OCC3CCN(c4ncc(C(=O)NO)cn4)CC3)c2cc1OC. The van der Waals surface area contributed by atoms with Crippen LogP contribution in [0.3, 0.4) is 0 Å². The number of carbonyl (C=O) groups excluding carboxylic acids is 1. The summed E-state index contributed by atoms with van der Waals surface area (Å²) in [4.78, 5) is 26.9. The minimum atomic E-state index is -0.641. The average molecular weight is 520 g/mol. The predicted molar refractivity (Wildman–Crippen MR) is 139 cm³/mol. The Morgan fingerprint density at radius 1 is 1.08 bits per heavy atom. The van der Waals surface area contributed by atoms with Crippen LogP contribution in [-0.2, 0) is 0 Å². The molecule has 198 valence electrons. The molecule has 0 aliphatic carbocycles. The molecule has 4 aromatic rings. The second-order valence-electron chi connectivity index (χ2n) is 9.09. The molecule has 0 unspecified atom stereocenters. The molecule has 11 nitrogen and oxygen atoms in total. The molecule has 1 amide bonds. The summed E-state index contributed by atoms with van der Waals surface area (Å²) in [6.45, 7) is 3.96. The number of pyridine rings is 1. The fraction of sp³-hybridized carbons (Fsp3) is 0.333. The van der Waals surface area contributed by atoms with Crippen molar-refractivity contribution >= 4 is 22.8 Å². The zero-order valence-electron chi connectivity index (χ0n) is 21.4. The van der Waals surface area contributed by atoms with Crippen molar-refractivity contribution in [3.8, 4) is 28.7 Å². The molecule has 11 heteroatoms. The first-order valence-electron chi connectivity index (χ1n) is 12.3. The van der Waals surface area contributed by atoms with Gasteiger partial charge >= 0.3 is 0 Å². The maximum Gasteiger partial charge on any atom is 0.277 e. The predicted octanol–water partition coefficient (Wildman–Crippen LogP) is 4.02. The van der Waals surface area contributed by atoms with E-state index in [2.05, 4.69) is 14.9 Å². The number of hydrogen-bond acceptors (Lipinski definition) is 10. The van der Waals surface area contributed by atoms with Gasteiger partial charge < -0.3 is 23.5 Å². The lowest BCUT2D eigenvalue weighted by atomic mass is 9.98. The quantitative estimate of drug-likeness (QED) is 0.260. The molecule has 0 bridgehead atoms. The highest BCUT2D eigenvalue weighted by atomic mass is 16.5. The van der Waals surface area contributed by atoms with Crippen LogP contribution in [0.2, 0.25) is 0 Å². The summed E-state index contributed by atoms with van der Waals surface area (Å²) in [5.41, 5.74) is 3.17. The summed E-state index contributed by atoms with van der Waals surface area (Å²) in [5, 5.41) is 9.58. The van der Waals surface area contributed by atoms with Crippen molar-refractivity contribution in [2.24, 2.45) is 5.92 Å². The Bertz CT molecular complexity index is 1430. The number of piperidine rings is 1. The number of hydroxylamine groups is 1. The first kappa shape index (κ1) is 25.3. The van der Waals surface area contributed by atoms with Gasteiger partial charge in [0, 0.05) is 43.0 Å². The fourth-order valence-electron chi connectivity index (χ4n) is 4.51. The second kappa shape index (κ2) is 10.9. The van der Waals surface area contributed by atoms with E-state index in [1.807, 2.05) is 37.3 Å². The van der Waals surface area contributed by atoms with E-state index in [9.17, 15) is 4.79 Å². The third-order valence-corrected chi connectivity index (χ3v) is 6.64.